The van der Waals surface area contributed by atoms with Crippen LogP contribution >= 0.6 is 0 Å². The van der Waals surface area contributed by atoms with E-state index in [4.69, 9.17) is 0 Å². The molecule has 2 aromatic heterocycles. The lowest BCUT2D eigenvalue weighted by molar-refractivity contribution is 0.474. The van der Waals surface area contributed by atoms with E-state index >= 15 is 0 Å². The molecule has 1 aromatic carbocycles. The standard InChI is InChI=1S/C21H22FN3O2S/c1-14(2)24-20-10-9-16-18(20)13-25(21(16)17-7-3-4-8-19(17)22)28(26,27)15-6-5-11-23-12-15/h3-8,11-14,20,24H,9-10H2,1-2H3. The molecule has 1 atom stereocenters. The Morgan fingerprint density at radius 3 is 2.68 bits per heavy atom. The van der Waals surface area contributed by atoms with E-state index in [9.17, 15) is 12.8 Å². The Bertz CT molecular complexity index is 1110. The Labute approximate surface area is 164 Å². The van der Waals surface area contributed by atoms with Crippen molar-refractivity contribution in [2.45, 2.75) is 43.7 Å². The molecule has 1 aliphatic carbocycles. The van der Waals surface area contributed by atoms with Gasteiger partial charge in [0, 0.05) is 36.2 Å². The summed E-state index contributed by atoms with van der Waals surface area (Å²) in [4.78, 5) is 4.01. The van der Waals surface area contributed by atoms with Crippen LogP contribution in [0.15, 0.2) is 59.9 Å². The van der Waals surface area contributed by atoms with E-state index in [-0.39, 0.29) is 17.0 Å². The van der Waals surface area contributed by atoms with Crippen molar-refractivity contribution in [2.75, 3.05) is 0 Å². The Kier molecular flexibility index (Phi) is 4.81. The molecule has 0 fully saturated rings. The second-order valence-corrected chi connectivity index (χ2v) is 9.11. The van der Waals surface area contributed by atoms with E-state index in [1.54, 1.807) is 30.5 Å². The van der Waals surface area contributed by atoms with Crippen LogP contribution in [-0.4, -0.2) is 23.4 Å². The van der Waals surface area contributed by atoms with Gasteiger partial charge in [0.1, 0.15) is 10.7 Å². The van der Waals surface area contributed by atoms with E-state index in [0.717, 1.165) is 17.5 Å². The molecule has 0 saturated heterocycles. The topological polar surface area (TPSA) is 64.0 Å². The predicted octanol–water partition coefficient (Wildman–Crippen LogP) is 3.91. The van der Waals surface area contributed by atoms with Gasteiger partial charge in [0.05, 0.1) is 5.69 Å². The first-order valence-electron chi connectivity index (χ1n) is 9.30. The molecule has 4 rings (SSSR count). The molecule has 0 bridgehead atoms. The van der Waals surface area contributed by atoms with Gasteiger partial charge in [0.2, 0.25) is 0 Å². The van der Waals surface area contributed by atoms with Gasteiger partial charge < -0.3 is 5.32 Å². The minimum atomic E-state index is -3.90. The summed E-state index contributed by atoms with van der Waals surface area (Å²) in [5, 5.41) is 3.48. The van der Waals surface area contributed by atoms with Gasteiger partial charge in [0.25, 0.3) is 10.0 Å². The molecule has 5 nitrogen and oxygen atoms in total. The first kappa shape index (κ1) is 18.8. The van der Waals surface area contributed by atoms with Gasteiger partial charge in [0.15, 0.2) is 0 Å². The molecule has 2 heterocycles. The van der Waals surface area contributed by atoms with Crippen LogP contribution in [0, 0.1) is 5.82 Å². The quantitative estimate of drug-likeness (QED) is 0.707. The SMILES string of the molecule is CC(C)NC1CCc2c1cn(S(=O)(=O)c1cccnc1)c2-c1ccccc1F. The van der Waals surface area contributed by atoms with Crippen molar-refractivity contribution in [2.24, 2.45) is 0 Å². The van der Waals surface area contributed by atoms with Crippen molar-refractivity contribution >= 4 is 10.0 Å². The number of fused-ring (bicyclic) bond motifs is 1. The van der Waals surface area contributed by atoms with Crippen molar-refractivity contribution in [3.05, 3.63) is 71.9 Å². The van der Waals surface area contributed by atoms with Gasteiger partial charge in [-0.05, 0) is 48.2 Å². The van der Waals surface area contributed by atoms with Crippen LogP contribution in [-0.2, 0) is 16.4 Å². The maximum absolute atomic E-state index is 14.7. The first-order valence-corrected chi connectivity index (χ1v) is 10.7. The Morgan fingerprint density at radius 2 is 2.00 bits per heavy atom. The van der Waals surface area contributed by atoms with Gasteiger partial charge in [-0.2, -0.15) is 0 Å². The lowest BCUT2D eigenvalue weighted by Crippen LogP contribution is -2.26. The van der Waals surface area contributed by atoms with E-state index < -0.39 is 15.8 Å². The number of nitrogens with one attached hydrogen (secondary N) is 1. The highest BCUT2D eigenvalue weighted by molar-refractivity contribution is 7.90. The second-order valence-electron chi connectivity index (χ2n) is 7.29. The molecule has 146 valence electrons. The molecule has 28 heavy (non-hydrogen) atoms. The van der Waals surface area contributed by atoms with Gasteiger partial charge in [-0.15, -0.1) is 0 Å². The van der Waals surface area contributed by atoms with E-state index in [0.29, 0.717) is 17.7 Å². The fourth-order valence-electron chi connectivity index (χ4n) is 3.86. The molecule has 0 radical (unpaired) electrons. The van der Waals surface area contributed by atoms with E-state index in [1.807, 2.05) is 0 Å². The average molecular weight is 399 g/mol. The van der Waals surface area contributed by atoms with Crippen molar-refractivity contribution in [3.8, 4) is 11.3 Å². The molecule has 0 spiro atoms. The largest absolute Gasteiger partial charge is 0.308 e. The molecule has 0 aliphatic heterocycles. The van der Waals surface area contributed by atoms with Gasteiger partial charge >= 0.3 is 0 Å². The highest BCUT2D eigenvalue weighted by atomic mass is 32.2. The molecule has 1 N–H and O–H groups in total. The summed E-state index contributed by atoms with van der Waals surface area (Å²) in [5.41, 5.74) is 2.50. The van der Waals surface area contributed by atoms with Crippen LogP contribution < -0.4 is 5.32 Å². The van der Waals surface area contributed by atoms with Gasteiger partial charge in [-0.1, -0.05) is 26.0 Å². The zero-order chi connectivity index (χ0) is 19.9. The fraction of sp³-hybridized carbons (Fsp3) is 0.286. The third-order valence-corrected chi connectivity index (χ3v) is 6.67. The van der Waals surface area contributed by atoms with Gasteiger partial charge in [-0.25, -0.2) is 16.8 Å². The summed E-state index contributed by atoms with van der Waals surface area (Å²) in [6.07, 6.45) is 6.04. The average Bonchev–Trinajstić information content (AvgIpc) is 3.23. The highest BCUT2D eigenvalue weighted by Crippen LogP contribution is 2.41. The molecule has 0 saturated carbocycles. The fourth-order valence-corrected chi connectivity index (χ4v) is 5.23. The predicted molar refractivity (Wildman–Crippen MR) is 106 cm³/mol. The van der Waals surface area contributed by atoms with Crippen LogP contribution in [0.3, 0.4) is 0 Å². The molecular formula is C21H22FN3O2S. The third-order valence-electron chi connectivity index (χ3n) is 5.02. The van der Waals surface area contributed by atoms with Crippen LogP contribution in [0.5, 0.6) is 0 Å². The van der Waals surface area contributed by atoms with Crippen molar-refractivity contribution < 1.29 is 12.8 Å². The van der Waals surface area contributed by atoms with Crippen molar-refractivity contribution in [3.63, 3.8) is 0 Å². The number of halogens is 1. The summed E-state index contributed by atoms with van der Waals surface area (Å²) >= 11 is 0. The minimum absolute atomic E-state index is 0.0471. The maximum Gasteiger partial charge on any atom is 0.269 e. The Hall–Kier alpha value is -2.51. The molecular weight excluding hydrogens is 377 g/mol. The lowest BCUT2D eigenvalue weighted by Gasteiger charge is -2.16. The van der Waals surface area contributed by atoms with Crippen molar-refractivity contribution in [1.82, 2.24) is 14.3 Å². The Morgan fingerprint density at radius 1 is 1.21 bits per heavy atom. The molecule has 3 aromatic rings. The third kappa shape index (κ3) is 3.14. The monoisotopic (exact) mass is 399 g/mol. The molecule has 1 unspecified atom stereocenters. The number of nitrogens with zero attached hydrogens (tertiary/aromatic N) is 2. The van der Waals surface area contributed by atoms with E-state index in [2.05, 4.69) is 24.1 Å². The number of rotatable bonds is 5. The highest BCUT2D eigenvalue weighted by Gasteiger charge is 2.33. The lowest BCUT2D eigenvalue weighted by atomic mass is 10.1. The summed E-state index contributed by atoms with van der Waals surface area (Å²) in [6.45, 7) is 4.11. The number of benzene rings is 1. The second kappa shape index (κ2) is 7.14. The summed E-state index contributed by atoms with van der Waals surface area (Å²) < 4.78 is 42.6. The minimum Gasteiger partial charge on any atom is -0.308 e. The summed E-state index contributed by atoms with van der Waals surface area (Å²) in [6, 6.07) is 9.69. The molecule has 1 aliphatic rings. The van der Waals surface area contributed by atoms with E-state index in [1.165, 1.54) is 28.5 Å². The normalized spacial score (nSPS) is 16.5. The van der Waals surface area contributed by atoms with Gasteiger partial charge in [-0.3, -0.25) is 4.98 Å². The zero-order valence-electron chi connectivity index (χ0n) is 15.8. The van der Waals surface area contributed by atoms with Crippen LogP contribution in [0.25, 0.3) is 11.3 Å². The number of hydrogen-bond acceptors (Lipinski definition) is 4. The van der Waals surface area contributed by atoms with Crippen LogP contribution in [0.2, 0.25) is 0 Å². The zero-order valence-corrected chi connectivity index (χ0v) is 16.6. The maximum atomic E-state index is 14.7. The van der Waals surface area contributed by atoms with Crippen molar-refractivity contribution in [1.29, 1.82) is 0 Å². The number of hydrogen-bond donors (Lipinski definition) is 1. The van der Waals surface area contributed by atoms with Crippen LogP contribution in [0.4, 0.5) is 4.39 Å². The molecule has 0 amide bonds. The number of pyridine rings is 1. The summed E-state index contributed by atoms with van der Waals surface area (Å²) in [5.74, 6) is -0.439. The van der Waals surface area contributed by atoms with Crippen LogP contribution in [0.1, 0.15) is 37.4 Å². The molecule has 7 heteroatoms. The first-order chi connectivity index (χ1) is 13.4. The number of aromatic nitrogens is 2. The Balaban J connectivity index is 1.96. The summed E-state index contributed by atoms with van der Waals surface area (Å²) in [7, 11) is -3.90. The smallest absolute Gasteiger partial charge is 0.269 e.